The standard InChI is InChI=1S/C15H15BrN2O3/c1-3-17-13(10-6-7-20-14(10)16)9-4-5-11-12(8-9)21-15(19)18(11)2/h4-8,13,17H,3H2,1-2H3. The van der Waals surface area contributed by atoms with Crippen molar-refractivity contribution >= 4 is 27.0 Å². The number of oxazole rings is 1. The van der Waals surface area contributed by atoms with Crippen molar-refractivity contribution in [3.05, 3.63) is 56.9 Å². The topological polar surface area (TPSA) is 60.3 Å². The second kappa shape index (κ2) is 5.54. The van der Waals surface area contributed by atoms with E-state index in [0.717, 1.165) is 23.2 Å². The molecule has 0 saturated carbocycles. The van der Waals surface area contributed by atoms with Crippen LogP contribution in [0, 0.1) is 0 Å². The molecule has 0 aliphatic heterocycles. The Kier molecular flexibility index (Phi) is 3.73. The molecule has 0 fully saturated rings. The van der Waals surface area contributed by atoms with Gasteiger partial charge in [0.2, 0.25) is 0 Å². The fourth-order valence-corrected chi connectivity index (χ4v) is 2.92. The molecule has 5 nitrogen and oxygen atoms in total. The van der Waals surface area contributed by atoms with Crippen LogP contribution in [0.5, 0.6) is 0 Å². The Balaban J connectivity index is 2.11. The summed E-state index contributed by atoms with van der Waals surface area (Å²) in [5.74, 6) is -0.355. The maximum atomic E-state index is 11.6. The van der Waals surface area contributed by atoms with Gasteiger partial charge in [-0.15, -0.1) is 0 Å². The minimum absolute atomic E-state index is 0.0296. The lowest BCUT2D eigenvalue weighted by Crippen LogP contribution is -2.21. The molecule has 2 heterocycles. The van der Waals surface area contributed by atoms with E-state index >= 15 is 0 Å². The van der Waals surface area contributed by atoms with Crippen molar-refractivity contribution in [2.45, 2.75) is 13.0 Å². The SMILES string of the molecule is CCNC(c1ccc2c(c1)oc(=O)n2C)c1ccoc1Br. The molecule has 0 bridgehead atoms. The summed E-state index contributed by atoms with van der Waals surface area (Å²) in [7, 11) is 1.70. The van der Waals surface area contributed by atoms with E-state index in [1.54, 1.807) is 13.3 Å². The molecule has 1 aromatic carbocycles. The third-order valence-corrected chi connectivity index (χ3v) is 4.16. The van der Waals surface area contributed by atoms with Crippen LogP contribution in [0.15, 0.2) is 48.8 Å². The van der Waals surface area contributed by atoms with Gasteiger partial charge in [0, 0.05) is 12.6 Å². The lowest BCUT2D eigenvalue weighted by atomic mass is 10.0. The molecule has 0 spiro atoms. The number of aryl methyl sites for hydroxylation is 1. The van der Waals surface area contributed by atoms with Gasteiger partial charge in [-0.3, -0.25) is 4.57 Å². The minimum atomic E-state index is -0.355. The Morgan fingerprint density at radius 2 is 2.19 bits per heavy atom. The second-order valence-corrected chi connectivity index (χ2v) is 5.51. The average Bonchev–Trinajstić information content (AvgIpc) is 3.01. The Bertz CT molecular complexity index is 831. The molecule has 110 valence electrons. The van der Waals surface area contributed by atoms with Gasteiger partial charge in [0.1, 0.15) is 0 Å². The van der Waals surface area contributed by atoms with Gasteiger partial charge in [-0.05, 0) is 46.2 Å². The average molecular weight is 351 g/mol. The van der Waals surface area contributed by atoms with Crippen LogP contribution in [-0.4, -0.2) is 11.1 Å². The van der Waals surface area contributed by atoms with E-state index in [1.807, 2.05) is 31.2 Å². The number of hydrogen-bond acceptors (Lipinski definition) is 4. The van der Waals surface area contributed by atoms with Crippen molar-refractivity contribution in [1.82, 2.24) is 9.88 Å². The van der Waals surface area contributed by atoms with E-state index in [0.29, 0.717) is 10.3 Å². The lowest BCUT2D eigenvalue weighted by Gasteiger charge is -2.17. The Labute approximate surface area is 129 Å². The summed E-state index contributed by atoms with van der Waals surface area (Å²) in [6, 6.07) is 7.67. The lowest BCUT2D eigenvalue weighted by molar-refractivity contribution is 0.523. The van der Waals surface area contributed by atoms with Crippen molar-refractivity contribution < 1.29 is 8.83 Å². The highest BCUT2D eigenvalue weighted by atomic mass is 79.9. The van der Waals surface area contributed by atoms with Crippen LogP contribution in [-0.2, 0) is 7.05 Å². The van der Waals surface area contributed by atoms with Crippen LogP contribution in [0.3, 0.4) is 0 Å². The fourth-order valence-electron chi connectivity index (χ4n) is 2.45. The summed E-state index contributed by atoms with van der Waals surface area (Å²) in [5.41, 5.74) is 3.39. The molecule has 6 heteroatoms. The van der Waals surface area contributed by atoms with Crippen molar-refractivity contribution in [3.8, 4) is 0 Å². The van der Waals surface area contributed by atoms with E-state index in [2.05, 4.69) is 21.2 Å². The number of halogens is 1. The zero-order chi connectivity index (χ0) is 15.0. The molecule has 1 unspecified atom stereocenters. The monoisotopic (exact) mass is 350 g/mol. The summed E-state index contributed by atoms with van der Waals surface area (Å²) in [5, 5.41) is 3.41. The van der Waals surface area contributed by atoms with Crippen LogP contribution in [0.25, 0.3) is 11.1 Å². The van der Waals surface area contributed by atoms with Gasteiger partial charge in [-0.1, -0.05) is 13.0 Å². The van der Waals surface area contributed by atoms with Crippen molar-refractivity contribution in [2.75, 3.05) is 6.54 Å². The van der Waals surface area contributed by atoms with Crippen LogP contribution < -0.4 is 11.1 Å². The van der Waals surface area contributed by atoms with Gasteiger partial charge < -0.3 is 14.2 Å². The molecule has 0 radical (unpaired) electrons. The molecule has 0 aliphatic carbocycles. The first-order valence-corrected chi connectivity index (χ1v) is 7.47. The highest BCUT2D eigenvalue weighted by molar-refractivity contribution is 9.10. The normalized spacial score (nSPS) is 12.9. The number of benzene rings is 1. The number of furan rings is 1. The molecule has 2 aromatic heterocycles. The first-order valence-electron chi connectivity index (χ1n) is 6.67. The molecule has 1 N–H and O–H groups in total. The number of rotatable bonds is 4. The van der Waals surface area contributed by atoms with E-state index in [9.17, 15) is 4.79 Å². The third kappa shape index (κ3) is 2.45. The highest BCUT2D eigenvalue weighted by Crippen LogP contribution is 2.30. The molecule has 1 atom stereocenters. The summed E-state index contributed by atoms with van der Waals surface area (Å²) in [4.78, 5) is 11.6. The predicted molar refractivity (Wildman–Crippen MR) is 83.4 cm³/mol. The van der Waals surface area contributed by atoms with Crippen LogP contribution >= 0.6 is 15.9 Å². The van der Waals surface area contributed by atoms with Crippen molar-refractivity contribution in [1.29, 1.82) is 0 Å². The fraction of sp³-hybridized carbons (Fsp3) is 0.267. The largest absolute Gasteiger partial charge is 0.457 e. The zero-order valence-corrected chi connectivity index (χ0v) is 13.3. The van der Waals surface area contributed by atoms with Gasteiger partial charge >= 0.3 is 5.76 Å². The Morgan fingerprint density at radius 1 is 1.38 bits per heavy atom. The predicted octanol–water partition coefficient (Wildman–Crippen LogP) is 3.19. The smallest absolute Gasteiger partial charge is 0.419 e. The number of nitrogens with one attached hydrogen (secondary N) is 1. The Morgan fingerprint density at radius 3 is 2.86 bits per heavy atom. The van der Waals surface area contributed by atoms with Crippen LogP contribution in [0.2, 0.25) is 0 Å². The minimum Gasteiger partial charge on any atom is -0.457 e. The summed E-state index contributed by atoms with van der Waals surface area (Å²) >= 11 is 3.42. The summed E-state index contributed by atoms with van der Waals surface area (Å²) in [6.45, 7) is 2.85. The highest BCUT2D eigenvalue weighted by Gasteiger charge is 2.19. The second-order valence-electron chi connectivity index (χ2n) is 4.79. The molecule has 21 heavy (non-hydrogen) atoms. The number of nitrogens with zero attached hydrogens (tertiary/aromatic N) is 1. The van der Waals surface area contributed by atoms with Gasteiger partial charge in [0.05, 0.1) is 17.8 Å². The Hall–Kier alpha value is -1.79. The van der Waals surface area contributed by atoms with Gasteiger partial charge in [0.15, 0.2) is 10.3 Å². The van der Waals surface area contributed by atoms with Gasteiger partial charge in [-0.25, -0.2) is 4.79 Å². The summed E-state index contributed by atoms with van der Waals surface area (Å²) < 4.78 is 12.8. The number of hydrogen-bond donors (Lipinski definition) is 1. The molecule has 3 rings (SSSR count). The maximum absolute atomic E-state index is 11.6. The van der Waals surface area contributed by atoms with Gasteiger partial charge in [0.25, 0.3) is 0 Å². The van der Waals surface area contributed by atoms with Crippen LogP contribution in [0.1, 0.15) is 24.1 Å². The maximum Gasteiger partial charge on any atom is 0.419 e. The van der Waals surface area contributed by atoms with E-state index in [4.69, 9.17) is 8.83 Å². The molecule has 0 amide bonds. The first-order chi connectivity index (χ1) is 10.1. The van der Waals surface area contributed by atoms with Crippen LogP contribution in [0.4, 0.5) is 0 Å². The van der Waals surface area contributed by atoms with Gasteiger partial charge in [-0.2, -0.15) is 0 Å². The molecular formula is C15H15BrN2O3. The number of fused-ring (bicyclic) bond motifs is 1. The number of aromatic nitrogens is 1. The molecule has 3 aromatic rings. The first kappa shape index (κ1) is 14.2. The quantitative estimate of drug-likeness (QED) is 0.784. The van der Waals surface area contributed by atoms with E-state index in [-0.39, 0.29) is 11.8 Å². The van der Waals surface area contributed by atoms with E-state index < -0.39 is 0 Å². The molecule has 0 saturated heterocycles. The van der Waals surface area contributed by atoms with E-state index in [1.165, 1.54) is 4.57 Å². The zero-order valence-electron chi connectivity index (χ0n) is 11.7. The van der Waals surface area contributed by atoms with Crippen molar-refractivity contribution in [3.63, 3.8) is 0 Å². The third-order valence-electron chi connectivity index (χ3n) is 3.52. The molecular weight excluding hydrogens is 336 g/mol. The summed E-state index contributed by atoms with van der Waals surface area (Å²) in [6.07, 6.45) is 1.64. The molecule has 0 aliphatic rings. The van der Waals surface area contributed by atoms with Crippen molar-refractivity contribution in [2.24, 2.45) is 7.05 Å².